The Bertz CT molecular complexity index is 468. The van der Waals surface area contributed by atoms with E-state index in [1.165, 1.54) is 6.20 Å². The zero-order valence-corrected chi connectivity index (χ0v) is 11.3. The number of amides is 1. The number of carbonyl (C=O) groups is 1. The normalized spacial score (nSPS) is 20.4. The number of aromatic nitrogens is 2. The van der Waals surface area contributed by atoms with Gasteiger partial charge in [0, 0.05) is 6.54 Å². The molecule has 0 aromatic carbocycles. The molecule has 3 N–H and O–H groups in total. The molecule has 98 valence electrons. The van der Waals surface area contributed by atoms with Crippen molar-refractivity contribution in [2.24, 2.45) is 22.5 Å². The summed E-state index contributed by atoms with van der Waals surface area (Å²) in [4.78, 5) is 19.1. The number of nitrogens with two attached hydrogens (primary N) is 1. The lowest BCUT2D eigenvalue weighted by atomic mass is 10.0. The van der Waals surface area contributed by atoms with Crippen molar-refractivity contribution in [2.45, 2.75) is 27.7 Å². The van der Waals surface area contributed by atoms with E-state index in [1.54, 1.807) is 6.20 Å². The van der Waals surface area contributed by atoms with E-state index < -0.39 is 5.91 Å². The third kappa shape index (κ3) is 1.94. The first-order valence-electron chi connectivity index (χ1n) is 6.12. The fourth-order valence-electron chi connectivity index (χ4n) is 2.62. The van der Waals surface area contributed by atoms with Crippen molar-refractivity contribution in [2.75, 3.05) is 11.9 Å². The van der Waals surface area contributed by atoms with E-state index in [0.29, 0.717) is 22.6 Å². The average Bonchev–Trinajstić information content (AvgIpc) is 2.67. The Hall–Kier alpha value is -1.65. The van der Waals surface area contributed by atoms with Crippen molar-refractivity contribution in [3.05, 3.63) is 18.1 Å². The van der Waals surface area contributed by atoms with Crippen molar-refractivity contribution >= 4 is 11.7 Å². The molecule has 1 aromatic rings. The van der Waals surface area contributed by atoms with E-state index >= 15 is 0 Å². The Morgan fingerprint density at radius 3 is 2.44 bits per heavy atom. The summed E-state index contributed by atoms with van der Waals surface area (Å²) in [6.45, 7) is 9.91. The first kappa shape index (κ1) is 12.8. The van der Waals surface area contributed by atoms with Crippen LogP contribution < -0.4 is 11.1 Å². The maximum Gasteiger partial charge on any atom is 0.268 e. The number of anilines is 1. The smallest absolute Gasteiger partial charge is 0.268 e. The Morgan fingerprint density at radius 1 is 1.33 bits per heavy atom. The van der Waals surface area contributed by atoms with Crippen LogP contribution in [-0.2, 0) is 0 Å². The second-order valence-electron chi connectivity index (χ2n) is 6.03. The summed E-state index contributed by atoms with van der Waals surface area (Å²) < 4.78 is 0. The molecule has 0 bridgehead atoms. The molecular weight excluding hydrogens is 228 g/mol. The topological polar surface area (TPSA) is 80.9 Å². The maximum absolute atomic E-state index is 11.0. The van der Waals surface area contributed by atoms with E-state index in [2.05, 4.69) is 43.0 Å². The molecule has 5 nitrogen and oxygen atoms in total. The summed E-state index contributed by atoms with van der Waals surface area (Å²) in [5.41, 5.74) is 6.01. The molecule has 0 aliphatic heterocycles. The highest BCUT2D eigenvalue weighted by molar-refractivity contribution is 5.90. The van der Waals surface area contributed by atoms with E-state index in [4.69, 9.17) is 5.73 Å². The fourth-order valence-corrected chi connectivity index (χ4v) is 2.62. The number of nitrogens with zero attached hydrogens (tertiary/aromatic N) is 2. The zero-order valence-electron chi connectivity index (χ0n) is 11.3. The summed E-state index contributed by atoms with van der Waals surface area (Å²) in [6.07, 6.45) is 2.98. The fraction of sp³-hybridized carbons (Fsp3) is 0.615. The molecule has 18 heavy (non-hydrogen) atoms. The number of primary amides is 1. The number of rotatable bonds is 4. The Morgan fingerprint density at radius 2 is 1.94 bits per heavy atom. The number of nitrogens with one attached hydrogen (secondary N) is 1. The maximum atomic E-state index is 11.0. The number of hydrogen-bond donors (Lipinski definition) is 2. The predicted octanol–water partition coefficient (Wildman–Crippen LogP) is 1.67. The third-order valence-corrected chi connectivity index (χ3v) is 4.69. The van der Waals surface area contributed by atoms with Crippen molar-refractivity contribution in [1.82, 2.24) is 9.97 Å². The number of carbonyl (C=O) groups excluding carboxylic acids is 1. The van der Waals surface area contributed by atoms with Gasteiger partial charge in [-0.1, -0.05) is 27.7 Å². The average molecular weight is 248 g/mol. The molecule has 1 saturated carbocycles. The molecule has 0 spiro atoms. The monoisotopic (exact) mass is 248 g/mol. The molecule has 1 aliphatic carbocycles. The summed E-state index contributed by atoms with van der Waals surface area (Å²) in [7, 11) is 0. The molecule has 0 unspecified atom stereocenters. The zero-order chi connectivity index (χ0) is 13.6. The second kappa shape index (κ2) is 3.93. The van der Waals surface area contributed by atoms with Crippen LogP contribution in [0.15, 0.2) is 12.4 Å². The van der Waals surface area contributed by atoms with E-state index in [0.717, 1.165) is 6.54 Å². The van der Waals surface area contributed by atoms with Gasteiger partial charge in [0.05, 0.1) is 12.4 Å². The summed E-state index contributed by atoms with van der Waals surface area (Å²) in [6, 6.07) is 0. The first-order chi connectivity index (χ1) is 8.26. The molecule has 1 amide bonds. The minimum absolute atomic E-state index is 0.189. The van der Waals surface area contributed by atoms with Crippen LogP contribution in [0.3, 0.4) is 0 Å². The minimum Gasteiger partial charge on any atom is -0.368 e. The van der Waals surface area contributed by atoms with Crippen LogP contribution in [0.2, 0.25) is 0 Å². The third-order valence-electron chi connectivity index (χ3n) is 4.69. The molecule has 1 heterocycles. The van der Waals surface area contributed by atoms with Crippen LogP contribution in [0.1, 0.15) is 38.2 Å². The van der Waals surface area contributed by atoms with Crippen LogP contribution in [0, 0.1) is 16.7 Å². The lowest BCUT2D eigenvalue weighted by molar-refractivity contribution is 0.0995. The van der Waals surface area contributed by atoms with Crippen molar-refractivity contribution in [3.8, 4) is 0 Å². The van der Waals surface area contributed by atoms with Gasteiger partial charge in [0.15, 0.2) is 0 Å². The van der Waals surface area contributed by atoms with Gasteiger partial charge in [0.2, 0.25) is 0 Å². The van der Waals surface area contributed by atoms with Gasteiger partial charge in [0.25, 0.3) is 5.91 Å². The lowest BCUT2D eigenvalue weighted by Crippen LogP contribution is -2.16. The molecule has 2 rings (SSSR count). The largest absolute Gasteiger partial charge is 0.368 e. The van der Waals surface area contributed by atoms with Gasteiger partial charge in [0.1, 0.15) is 11.5 Å². The van der Waals surface area contributed by atoms with E-state index in [9.17, 15) is 4.79 Å². The van der Waals surface area contributed by atoms with E-state index in [1.807, 2.05) is 0 Å². The van der Waals surface area contributed by atoms with Crippen LogP contribution >= 0.6 is 0 Å². The van der Waals surface area contributed by atoms with Gasteiger partial charge in [-0.15, -0.1) is 0 Å². The van der Waals surface area contributed by atoms with Crippen molar-refractivity contribution in [3.63, 3.8) is 0 Å². The first-order valence-corrected chi connectivity index (χ1v) is 6.12. The molecule has 1 aliphatic rings. The summed E-state index contributed by atoms with van der Waals surface area (Å²) in [5, 5.41) is 3.23. The van der Waals surface area contributed by atoms with E-state index in [-0.39, 0.29) is 5.69 Å². The highest BCUT2D eigenvalue weighted by atomic mass is 16.1. The minimum atomic E-state index is -0.557. The van der Waals surface area contributed by atoms with Crippen LogP contribution in [0.25, 0.3) is 0 Å². The molecule has 1 aromatic heterocycles. The molecule has 0 atom stereocenters. The van der Waals surface area contributed by atoms with Gasteiger partial charge < -0.3 is 11.1 Å². The molecular formula is C13H20N4O. The Balaban J connectivity index is 2.00. The molecule has 5 heteroatoms. The van der Waals surface area contributed by atoms with Gasteiger partial charge in [-0.2, -0.15) is 0 Å². The van der Waals surface area contributed by atoms with Gasteiger partial charge in [-0.25, -0.2) is 4.98 Å². The van der Waals surface area contributed by atoms with Crippen molar-refractivity contribution < 1.29 is 4.79 Å². The van der Waals surface area contributed by atoms with Crippen LogP contribution in [-0.4, -0.2) is 22.4 Å². The van der Waals surface area contributed by atoms with Crippen LogP contribution in [0.5, 0.6) is 0 Å². The van der Waals surface area contributed by atoms with Gasteiger partial charge in [-0.3, -0.25) is 9.78 Å². The molecule has 0 radical (unpaired) electrons. The van der Waals surface area contributed by atoms with Gasteiger partial charge in [-0.05, 0) is 16.7 Å². The molecule has 0 saturated heterocycles. The SMILES string of the molecule is CC1(C)C(CNc2cncc(C(N)=O)n2)C1(C)C. The number of hydrogen-bond acceptors (Lipinski definition) is 4. The Labute approximate surface area is 107 Å². The van der Waals surface area contributed by atoms with Crippen molar-refractivity contribution in [1.29, 1.82) is 0 Å². The van der Waals surface area contributed by atoms with Crippen LogP contribution in [0.4, 0.5) is 5.82 Å². The molecule has 1 fully saturated rings. The summed E-state index contributed by atoms with van der Waals surface area (Å²) >= 11 is 0. The standard InChI is InChI=1S/C13H20N4O/c1-12(2)9(13(12,3)4)6-16-10-7-15-5-8(17-10)11(14)18/h5,7,9H,6H2,1-4H3,(H2,14,18)(H,16,17). The second-order valence-corrected chi connectivity index (χ2v) is 6.03. The quantitative estimate of drug-likeness (QED) is 0.849. The summed E-state index contributed by atoms with van der Waals surface area (Å²) in [5.74, 6) is 0.632. The van der Waals surface area contributed by atoms with Gasteiger partial charge >= 0.3 is 0 Å². The highest BCUT2D eigenvalue weighted by Gasteiger charge is 2.64. The lowest BCUT2D eigenvalue weighted by Gasteiger charge is -2.07. The predicted molar refractivity (Wildman–Crippen MR) is 70.1 cm³/mol. The highest BCUT2D eigenvalue weighted by Crippen LogP contribution is 2.68. The Kier molecular flexibility index (Phi) is 2.80.